The third kappa shape index (κ3) is 5.48. The Hall–Kier alpha value is -1.69. The van der Waals surface area contributed by atoms with E-state index in [1.807, 2.05) is 0 Å². The average Bonchev–Trinajstić information content (AvgIpc) is 3.41. The standard InChI is InChI=1S/C33H51NO5/c1-21(2)7-6-8-22(3)26-11-12-27-25-10-9-23-19-24(15-17-32(23,4)28(25)16-18-33(26,27)5)38-20-31(37)39-34-29(35)13-14-30(34)36/h9,21-22,24-28H,6-8,10-20H2,1-5H3/t22-,24?,25?,26-,27?,28?,32+,33-/m1/s1. The van der Waals surface area contributed by atoms with Crippen LogP contribution in [0.15, 0.2) is 11.6 Å². The van der Waals surface area contributed by atoms with Gasteiger partial charge in [0.15, 0.2) is 0 Å². The fourth-order valence-electron chi connectivity index (χ4n) is 9.77. The molecule has 0 aromatic rings. The van der Waals surface area contributed by atoms with Crippen LogP contribution in [-0.2, 0) is 24.0 Å². The van der Waals surface area contributed by atoms with Crippen molar-refractivity contribution in [3.8, 4) is 0 Å². The van der Waals surface area contributed by atoms with E-state index in [0.717, 1.165) is 54.8 Å². The van der Waals surface area contributed by atoms with Gasteiger partial charge in [-0.25, -0.2) is 4.79 Å². The summed E-state index contributed by atoms with van der Waals surface area (Å²) in [5.41, 5.74) is 2.26. The number of nitrogens with zero attached hydrogens (tertiary/aromatic N) is 1. The van der Waals surface area contributed by atoms with Crippen LogP contribution in [0.4, 0.5) is 0 Å². The van der Waals surface area contributed by atoms with Crippen LogP contribution < -0.4 is 0 Å². The molecule has 1 saturated heterocycles. The van der Waals surface area contributed by atoms with Crippen LogP contribution in [0.25, 0.3) is 0 Å². The Labute approximate surface area is 235 Å². The van der Waals surface area contributed by atoms with E-state index in [4.69, 9.17) is 9.57 Å². The van der Waals surface area contributed by atoms with Crippen molar-refractivity contribution in [3.05, 3.63) is 11.6 Å². The molecule has 1 aliphatic heterocycles. The van der Waals surface area contributed by atoms with Crippen LogP contribution in [0.3, 0.4) is 0 Å². The molecule has 0 spiro atoms. The number of allylic oxidation sites excluding steroid dienone is 1. The number of rotatable bonds is 9. The van der Waals surface area contributed by atoms with Crippen molar-refractivity contribution < 1.29 is 24.0 Å². The molecule has 5 rings (SSSR count). The van der Waals surface area contributed by atoms with Crippen LogP contribution in [0, 0.1) is 46.3 Å². The zero-order chi connectivity index (χ0) is 27.9. The minimum Gasteiger partial charge on any atom is -0.366 e. The van der Waals surface area contributed by atoms with E-state index in [1.165, 1.54) is 56.9 Å². The van der Waals surface area contributed by atoms with Crippen LogP contribution in [0.5, 0.6) is 0 Å². The molecule has 0 N–H and O–H groups in total. The molecule has 6 heteroatoms. The largest absolute Gasteiger partial charge is 0.366 e. The number of hydrogen-bond donors (Lipinski definition) is 0. The first-order valence-corrected chi connectivity index (χ1v) is 15.9. The fraction of sp³-hybridized carbons (Fsp3) is 0.848. The van der Waals surface area contributed by atoms with E-state index < -0.39 is 17.8 Å². The predicted octanol–water partition coefficient (Wildman–Crippen LogP) is 7.02. The van der Waals surface area contributed by atoms with Crippen molar-refractivity contribution in [1.29, 1.82) is 0 Å². The van der Waals surface area contributed by atoms with Crippen molar-refractivity contribution in [2.45, 2.75) is 124 Å². The van der Waals surface area contributed by atoms with Gasteiger partial charge in [-0.3, -0.25) is 9.59 Å². The monoisotopic (exact) mass is 541 g/mol. The van der Waals surface area contributed by atoms with Crippen molar-refractivity contribution in [1.82, 2.24) is 5.06 Å². The van der Waals surface area contributed by atoms with E-state index in [9.17, 15) is 14.4 Å². The van der Waals surface area contributed by atoms with Crippen LogP contribution in [0.1, 0.15) is 118 Å². The van der Waals surface area contributed by atoms with Gasteiger partial charge in [0, 0.05) is 12.8 Å². The van der Waals surface area contributed by atoms with Crippen molar-refractivity contribution in [2.24, 2.45) is 46.3 Å². The smallest absolute Gasteiger partial charge is 0.358 e. The maximum absolute atomic E-state index is 12.3. The van der Waals surface area contributed by atoms with Gasteiger partial charge in [-0.1, -0.05) is 65.5 Å². The molecule has 5 aliphatic rings. The summed E-state index contributed by atoms with van der Waals surface area (Å²) in [5, 5.41) is 0.601. The number of hydrogen-bond acceptors (Lipinski definition) is 5. The Morgan fingerprint density at radius 1 is 1.00 bits per heavy atom. The molecule has 0 bridgehead atoms. The van der Waals surface area contributed by atoms with Gasteiger partial charge in [0.2, 0.25) is 0 Å². The predicted molar refractivity (Wildman–Crippen MR) is 150 cm³/mol. The second kappa shape index (κ2) is 11.3. The van der Waals surface area contributed by atoms with Gasteiger partial charge in [-0.05, 0) is 97.7 Å². The molecule has 0 aromatic carbocycles. The highest BCUT2D eigenvalue weighted by atomic mass is 16.7. The summed E-state index contributed by atoms with van der Waals surface area (Å²) in [7, 11) is 0. The highest BCUT2D eigenvalue weighted by Crippen LogP contribution is 2.67. The topological polar surface area (TPSA) is 72.9 Å². The third-order valence-corrected chi connectivity index (χ3v) is 11.9. The lowest BCUT2D eigenvalue weighted by Crippen LogP contribution is -2.51. The van der Waals surface area contributed by atoms with Gasteiger partial charge >= 0.3 is 5.97 Å². The molecule has 3 saturated carbocycles. The summed E-state index contributed by atoms with van der Waals surface area (Å²) in [6.45, 7) is 12.2. The second-order valence-electron chi connectivity index (χ2n) is 14.5. The summed E-state index contributed by atoms with van der Waals surface area (Å²) in [6, 6.07) is 0. The molecule has 39 heavy (non-hydrogen) atoms. The molecule has 0 radical (unpaired) electrons. The van der Waals surface area contributed by atoms with Crippen molar-refractivity contribution in [2.75, 3.05) is 6.61 Å². The first-order valence-electron chi connectivity index (χ1n) is 15.9. The van der Waals surface area contributed by atoms with Gasteiger partial charge in [-0.15, -0.1) is 5.06 Å². The summed E-state index contributed by atoms with van der Waals surface area (Å²) >= 11 is 0. The van der Waals surface area contributed by atoms with E-state index >= 15 is 0 Å². The highest BCUT2D eigenvalue weighted by Gasteiger charge is 2.59. The molecule has 6 nitrogen and oxygen atoms in total. The lowest BCUT2D eigenvalue weighted by Gasteiger charge is -2.58. The molecule has 8 atom stereocenters. The Morgan fingerprint density at radius 3 is 2.46 bits per heavy atom. The Morgan fingerprint density at radius 2 is 1.74 bits per heavy atom. The summed E-state index contributed by atoms with van der Waals surface area (Å²) in [5.74, 6) is 3.34. The molecule has 2 amide bonds. The minimum atomic E-state index is -0.676. The maximum atomic E-state index is 12.3. The summed E-state index contributed by atoms with van der Waals surface area (Å²) in [6.07, 6.45) is 16.5. The van der Waals surface area contributed by atoms with Gasteiger partial charge < -0.3 is 9.57 Å². The molecule has 4 fully saturated rings. The average molecular weight is 542 g/mol. The number of imide groups is 1. The number of hydroxylamine groups is 2. The molecule has 4 unspecified atom stereocenters. The van der Waals surface area contributed by atoms with Gasteiger partial charge in [0.1, 0.15) is 6.61 Å². The molecule has 4 aliphatic carbocycles. The maximum Gasteiger partial charge on any atom is 0.358 e. The number of fused-ring (bicyclic) bond motifs is 5. The van der Waals surface area contributed by atoms with Crippen LogP contribution >= 0.6 is 0 Å². The van der Waals surface area contributed by atoms with Gasteiger partial charge in [0.25, 0.3) is 11.8 Å². The van der Waals surface area contributed by atoms with Crippen LogP contribution in [0.2, 0.25) is 0 Å². The molecule has 1 heterocycles. The molecule has 0 aromatic heterocycles. The fourth-order valence-corrected chi connectivity index (χ4v) is 9.77. The van der Waals surface area contributed by atoms with Crippen LogP contribution in [-0.4, -0.2) is 35.6 Å². The van der Waals surface area contributed by atoms with Gasteiger partial charge in [0.05, 0.1) is 6.10 Å². The SMILES string of the molecule is CC(C)CCC[C@@H](C)[C@H]1CCC2C3CC=C4CC(OCC(=O)ON5C(=O)CCC5=O)CC[C@]4(C)C3CC[C@@]21C. The molecular formula is C33H51NO5. The second-order valence-corrected chi connectivity index (χ2v) is 14.5. The first kappa shape index (κ1) is 28.8. The Kier molecular flexibility index (Phi) is 8.35. The quantitative estimate of drug-likeness (QED) is 0.232. The third-order valence-electron chi connectivity index (χ3n) is 11.9. The van der Waals surface area contributed by atoms with E-state index in [-0.39, 0.29) is 31.0 Å². The highest BCUT2D eigenvalue weighted by molar-refractivity contribution is 6.01. The minimum absolute atomic E-state index is 0.0187. The zero-order valence-corrected chi connectivity index (χ0v) is 25.0. The zero-order valence-electron chi connectivity index (χ0n) is 25.0. The summed E-state index contributed by atoms with van der Waals surface area (Å²) in [4.78, 5) is 40.7. The first-order chi connectivity index (χ1) is 18.5. The number of amides is 2. The number of carbonyl (C=O) groups is 3. The Balaban J connectivity index is 1.18. The van der Waals surface area contributed by atoms with Crippen molar-refractivity contribution >= 4 is 17.8 Å². The van der Waals surface area contributed by atoms with Crippen molar-refractivity contribution in [3.63, 3.8) is 0 Å². The Bertz CT molecular complexity index is 973. The number of ether oxygens (including phenoxy) is 1. The lowest BCUT2D eigenvalue weighted by molar-refractivity contribution is -0.201. The number of carbonyl (C=O) groups excluding carboxylic acids is 3. The van der Waals surface area contributed by atoms with E-state index in [0.29, 0.717) is 10.5 Å². The molecule has 218 valence electrons. The lowest BCUT2D eigenvalue weighted by atomic mass is 9.47. The molecular weight excluding hydrogens is 490 g/mol. The van der Waals surface area contributed by atoms with E-state index in [2.05, 4.69) is 40.7 Å². The van der Waals surface area contributed by atoms with E-state index in [1.54, 1.807) is 0 Å². The normalized spacial score (nSPS) is 38.8. The summed E-state index contributed by atoms with van der Waals surface area (Å²) < 4.78 is 5.96. The van der Waals surface area contributed by atoms with Gasteiger partial charge in [-0.2, -0.15) is 0 Å².